The van der Waals surface area contributed by atoms with Crippen molar-refractivity contribution in [3.8, 4) is 0 Å². The van der Waals surface area contributed by atoms with Crippen molar-refractivity contribution in [1.29, 1.82) is 0 Å². The monoisotopic (exact) mass is 545 g/mol. The van der Waals surface area contributed by atoms with Crippen molar-refractivity contribution in [2.75, 3.05) is 0 Å². The van der Waals surface area contributed by atoms with E-state index in [2.05, 4.69) is 77.2 Å². The molecule has 30 heavy (non-hydrogen) atoms. The van der Waals surface area contributed by atoms with Crippen molar-refractivity contribution < 1.29 is 20.8 Å². The number of rotatable bonds is 10. The second-order valence-corrected chi connectivity index (χ2v) is 12.5. The summed E-state index contributed by atoms with van der Waals surface area (Å²) in [7, 11) is 10.6. The summed E-state index contributed by atoms with van der Waals surface area (Å²) in [6.45, 7) is 13.4. The zero-order valence-corrected chi connectivity index (χ0v) is 25.5. The van der Waals surface area contributed by atoms with Gasteiger partial charge in [-0.2, -0.15) is 46.5 Å². The van der Waals surface area contributed by atoms with Crippen LogP contribution in [0.25, 0.3) is 0 Å². The van der Waals surface area contributed by atoms with Crippen LogP contribution >= 0.6 is 17.0 Å². The average Bonchev–Trinajstić information content (AvgIpc) is 3.36. The molecule has 0 saturated carbocycles. The van der Waals surface area contributed by atoms with Gasteiger partial charge in [0.2, 0.25) is 0 Å². The predicted molar refractivity (Wildman–Crippen MR) is 140 cm³/mol. The summed E-state index contributed by atoms with van der Waals surface area (Å²) in [4.78, 5) is 0. The van der Waals surface area contributed by atoms with Crippen LogP contribution in [0.1, 0.15) is 88.5 Å². The Kier molecular flexibility index (Phi) is 27.8. The summed E-state index contributed by atoms with van der Waals surface area (Å²) >= 11 is -0.826. The third-order valence-corrected chi connectivity index (χ3v) is 4.48. The van der Waals surface area contributed by atoms with Crippen LogP contribution in [0.2, 0.25) is 13.1 Å². The van der Waals surface area contributed by atoms with E-state index in [1.807, 2.05) is 0 Å². The molecule has 0 amide bonds. The van der Waals surface area contributed by atoms with Gasteiger partial charge in [0.05, 0.1) is 0 Å². The van der Waals surface area contributed by atoms with Crippen LogP contribution in [0.3, 0.4) is 0 Å². The molecule has 0 N–H and O–H groups in total. The SMILES string of the molecule is CCCCc1cc(CCC)c[cH-]1.CCCCc1cc(CCC)c[cH-]1.C[SiH]C.[Cl][Zr+2][Cl]. The van der Waals surface area contributed by atoms with Gasteiger partial charge in [0.15, 0.2) is 0 Å². The van der Waals surface area contributed by atoms with Gasteiger partial charge in [-0.05, 0) is 0 Å². The molecule has 0 unspecified atom stereocenters. The maximum atomic E-state index is 4.93. The first-order valence-corrected chi connectivity index (χ1v) is 20.4. The van der Waals surface area contributed by atoms with Crippen LogP contribution in [0.15, 0.2) is 36.4 Å². The molecular formula is C26H45Cl2SiZr. The Labute approximate surface area is 209 Å². The fourth-order valence-electron chi connectivity index (χ4n) is 3.06. The quantitative estimate of drug-likeness (QED) is 0.205. The first-order valence-electron chi connectivity index (χ1n) is 11.8. The van der Waals surface area contributed by atoms with E-state index in [0.29, 0.717) is 0 Å². The minimum atomic E-state index is -0.826. The van der Waals surface area contributed by atoms with Gasteiger partial charge in [0.25, 0.3) is 0 Å². The molecule has 2 aromatic rings. The molecule has 0 nitrogen and oxygen atoms in total. The number of aryl methyl sites for hydroxylation is 4. The Morgan fingerprint density at radius 3 is 1.30 bits per heavy atom. The van der Waals surface area contributed by atoms with E-state index >= 15 is 0 Å². The van der Waals surface area contributed by atoms with Gasteiger partial charge in [-0.15, -0.1) is 0 Å². The van der Waals surface area contributed by atoms with Crippen LogP contribution in [0, 0.1) is 0 Å². The van der Waals surface area contributed by atoms with E-state index in [4.69, 9.17) is 17.0 Å². The zero-order chi connectivity index (χ0) is 23.0. The summed E-state index contributed by atoms with van der Waals surface area (Å²) < 4.78 is 0. The van der Waals surface area contributed by atoms with Crippen molar-refractivity contribution >= 4 is 26.5 Å². The van der Waals surface area contributed by atoms with E-state index in [9.17, 15) is 0 Å². The van der Waals surface area contributed by atoms with Gasteiger partial charge < -0.3 is 0 Å². The average molecular weight is 548 g/mol. The molecule has 1 radical (unpaired) electrons. The van der Waals surface area contributed by atoms with Crippen molar-refractivity contribution in [3.63, 3.8) is 0 Å². The van der Waals surface area contributed by atoms with E-state index < -0.39 is 20.8 Å². The van der Waals surface area contributed by atoms with Gasteiger partial charge in [0, 0.05) is 9.52 Å². The van der Waals surface area contributed by atoms with Crippen LogP contribution in [-0.2, 0) is 46.5 Å². The molecule has 4 heteroatoms. The summed E-state index contributed by atoms with van der Waals surface area (Å²) in [5.74, 6) is 0. The molecule has 0 aliphatic rings. The van der Waals surface area contributed by atoms with Gasteiger partial charge >= 0.3 is 37.9 Å². The Morgan fingerprint density at radius 2 is 1.03 bits per heavy atom. The second kappa shape index (κ2) is 25.6. The minimum absolute atomic E-state index is 0.750. The molecule has 0 spiro atoms. The van der Waals surface area contributed by atoms with Crippen molar-refractivity contribution in [2.45, 2.75) is 105 Å². The molecular weight excluding hydrogens is 503 g/mol. The van der Waals surface area contributed by atoms with Gasteiger partial charge in [-0.3, -0.25) is 0 Å². The third-order valence-electron chi connectivity index (χ3n) is 4.48. The summed E-state index contributed by atoms with van der Waals surface area (Å²) in [6, 6.07) is 13.8. The van der Waals surface area contributed by atoms with E-state index in [1.165, 1.54) is 86.5 Å². The zero-order valence-electron chi connectivity index (χ0n) is 20.4. The van der Waals surface area contributed by atoms with Gasteiger partial charge in [0.1, 0.15) is 0 Å². The van der Waals surface area contributed by atoms with Crippen molar-refractivity contribution in [2.24, 2.45) is 0 Å². The molecule has 0 aromatic heterocycles. The Balaban J connectivity index is 0. The molecule has 2 rings (SSSR count). The van der Waals surface area contributed by atoms with Crippen LogP contribution in [0.4, 0.5) is 0 Å². The van der Waals surface area contributed by atoms with Crippen molar-refractivity contribution in [1.82, 2.24) is 0 Å². The maximum absolute atomic E-state index is 4.93. The third kappa shape index (κ3) is 20.3. The van der Waals surface area contributed by atoms with Gasteiger partial charge in [-0.25, -0.2) is 12.1 Å². The van der Waals surface area contributed by atoms with Crippen LogP contribution < -0.4 is 0 Å². The molecule has 0 atom stereocenters. The van der Waals surface area contributed by atoms with Crippen LogP contribution in [-0.4, -0.2) is 9.52 Å². The van der Waals surface area contributed by atoms with Crippen LogP contribution in [0.5, 0.6) is 0 Å². The topological polar surface area (TPSA) is 0 Å². The second-order valence-electron chi connectivity index (χ2n) is 7.61. The Morgan fingerprint density at radius 1 is 0.700 bits per heavy atom. The standard InChI is InChI=1S/2C12H19.C2H7Si.2ClH.Zr/c2*1-3-5-7-12-9-8-11(10-12)6-4-2;1-3-2;;;/h2*8-10H,3-7H2,1-2H3;3H,1-2H3;2*1H;/q2*-1;;;;+4/p-2. The van der Waals surface area contributed by atoms with Gasteiger partial charge in [-0.1, -0.05) is 105 Å². The molecule has 0 heterocycles. The fraction of sp³-hybridized carbons (Fsp3) is 0.615. The molecule has 2 aromatic carbocycles. The Bertz CT molecular complexity index is 513. The van der Waals surface area contributed by atoms with E-state index in [1.54, 1.807) is 0 Å². The number of unbranched alkanes of at least 4 members (excludes halogenated alkanes) is 2. The molecule has 0 aliphatic carbocycles. The fourth-order valence-corrected chi connectivity index (χ4v) is 3.06. The Hall–Kier alpha value is 0.380. The first kappa shape index (κ1) is 32.6. The summed E-state index contributed by atoms with van der Waals surface area (Å²) in [5.41, 5.74) is 6.09. The molecule has 0 saturated heterocycles. The summed E-state index contributed by atoms with van der Waals surface area (Å²) in [6.07, 6.45) is 12.8. The molecule has 0 aliphatic heterocycles. The predicted octanol–water partition coefficient (Wildman–Crippen LogP) is 9.30. The number of hydrogen-bond acceptors (Lipinski definition) is 0. The molecule has 0 fully saturated rings. The molecule has 0 bridgehead atoms. The van der Waals surface area contributed by atoms with E-state index in [-0.39, 0.29) is 0 Å². The first-order chi connectivity index (χ1) is 14.6. The normalized spacial score (nSPS) is 9.33. The number of halogens is 2. The van der Waals surface area contributed by atoms with E-state index in [0.717, 1.165) is 9.52 Å². The van der Waals surface area contributed by atoms with Crippen molar-refractivity contribution in [3.05, 3.63) is 58.7 Å². The molecule has 171 valence electrons. The summed E-state index contributed by atoms with van der Waals surface area (Å²) in [5, 5.41) is 0. The number of hydrogen-bond donors (Lipinski definition) is 0.